The molecule has 0 bridgehead atoms. The zero-order valence-electron chi connectivity index (χ0n) is 24.3. The molecule has 0 unspecified atom stereocenters. The van der Waals surface area contributed by atoms with E-state index in [1.165, 1.54) is 70.6 Å². The van der Waals surface area contributed by atoms with E-state index in [1.807, 2.05) is 13.8 Å². The molecule has 3 nitrogen and oxygen atoms in total. The summed E-state index contributed by atoms with van der Waals surface area (Å²) in [5, 5.41) is 33.4. The third kappa shape index (κ3) is 4.53. The Kier molecular flexibility index (Phi) is 7.25. The Labute approximate surface area is 222 Å². The fourth-order valence-electron chi connectivity index (χ4n) is 11.1. The van der Waals surface area contributed by atoms with Crippen LogP contribution in [0.3, 0.4) is 0 Å². The maximum absolute atomic E-state index is 11.4. The predicted octanol–water partition coefficient (Wildman–Crippen LogP) is 7.65. The van der Waals surface area contributed by atoms with Crippen molar-refractivity contribution in [2.24, 2.45) is 46.3 Å². The molecule has 0 aromatic carbocycles. The summed E-state index contributed by atoms with van der Waals surface area (Å²) >= 11 is 0. The first-order valence-electron chi connectivity index (χ1n) is 16.0. The van der Waals surface area contributed by atoms with Gasteiger partial charge in [0.05, 0.1) is 16.8 Å². The number of hydrogen-bond acceptors (Lipinski definition) is 3. The van der Waals surface area contributed by atoms with Gasteiger partial charge in [-0.15, -0.1) is 0 Å². The van der Waals surface area contributed by atoms with Gasteiger partial charge >= 0.3 is 0 Å². The monoisotopic (exact) mass is 502 g/mol. The molecule has 36 heavy (non-hydrogen) atoms. The summed E-state index contributed by atoms with van der Waals surface area (Å²) in [7, 11) is 0. The quantitative estimate of drug-likeness (QED) is 0.338. The van der Waals surface area contributed by atoms with E-state index >= 15 is 0 Å². The average Bonchev–Trinajstić information content (AvgIpc) is 3.02. The first kappa shape index (κ1) is 27.4. The molecule has 3 N–H and O–H groups in total. The molecule has 9 atom stereocenters. The van der Waals surface area contributed by atoms with Gasteiger partial charge in [0.2, 0.25) is 0 Å². The highest BCUT2D eigenvalue weighted by Crippen LogP contribution is 2.69. The molecule has 5 rings (SSSR count). The normalized spacial score (nSPS) is 47.8. The largest absolute Gasteiger partial charge is 0.390 e. The molecule has 208 valence electrons. The van der Waals surface area contributed by atoms with Crippen LogP contribution in [0, 0.1) is 46.3 Å². The molecule has 0 saturated heterocycles. The highest BCUT2D eigenvalue weighted by Gasteiger charge is 2.62. The van der Waals surface area contributed by atoms with Crippen LogP contribution in [0.15, 0.2) is 0 Å². The minimum absolute atomic E-state index is 0.328. The van der Waals surface area contributed by atoms with Crippen LogP contribution in [-0.4, -0.2) is 32.1 Å². The molecule has 0 amide bonds. The number of rotatable bonds is 5. The van der Waals surface area contributed by atoms with Gasteiger partial charge in [-0.1, -0.05) is 46.5 Å². The van der Waals surface area contributed by atoms with Gasteiger partial charge in [0.1, 0.15) is 0 Å². The SMILES string of the molecule is C[C@H](CCC1(O)CCCCCC1)[C@H]1CC[C@H]2[C@@H]3CC[C@H]4C[C@](O)(C(C)(C)O)CC[C@]4(C)[C@H]3CC[C@]12C. The van der Waals surface area contributed by atoms with Crippen molar-refractivity contribution in [3.8, 4) is 0 Å². The third-order valence-corrected chi connectivity index (χ3v) is 13.7. The summed E-state index contributed by atoms with van der Waals surface area (Å²) in [6.45, 7) is 11.3. The highest BCUT2D eigenvalue weighted by atomic mass is 16.4. The van der Waals surface area contributed by atoms with Crippen LogP contribution in [0.1, 0.15) is 144 Å². The summed E-state index contributed by atoms with van der Waals surface area (Å²) in [5.74, 6) is 4.58. The van der Waals surface area contributed by atoms with Gasteiger partial charge in [-0.2, -0.15) is 0 Å². The zero-order valence-corrected chi connectivity index (χ0v) is 24.3. The van der Waals surface area contributed by atoms with Crippen LogP contribution in [-0.2, 0) is 0 Å². The van der Waals surface area contributed by atoms with Crippen molar-refractivity contribution >= 4 is 0 Å². The summed E-state index contributed by atoms with van der Waals surface area (Å²) in [5.41, 5.74) is -1.54. The van der Waals surface area contributed by atoms with E-state index in [4.69, 9.17) is 0 Å². The fourth-order valence-corrected chi connectivity index (χ4v) is 11.1. The van der Waals surface area contributed by atoms with Gasteiger partial charge < -0.3 is 15.3 Å². The maximum Gasteiger partial charge on any atom is 0.0930 e. The maximum atomic E-state index is 11.4. The fraction of sp³-hybridized carbons (Fsp3) is 1.00. The van der Waals surface area contributed by atoms with E-state index < -0.39 is 11.2 Å². The standard InChI is InChI=1S/C33H58O3/c1-23(14-19-32(35)16-8-6-7-9-17-32)26-12-13-27-25-11-10-24-22-33(36,29(2,3)34)21-20-30(24,4)28(25)15-18-31(26,27)5/h23-28,34-36H,6-22H2,1-5H3/t23-,24+,25+,26-,27+,28+,30+,31-,33+/m1/s1. The molecular weight excluding hydrogens is 444 g/mol. The lowest BCUT2D eigenvalue weighted by Crippen LogP contribution is -2.60. The van der Waals surface area contributed by atoms with Crippen molar-refractivity contribution in [1.29, 1.82) is 0 Å². The van der Waals surface area contributed by atoms with E-state index in [0.29, 0.717) is 22.7 Å². The molecule has 0 spiro atoms. The van der Waals surface area contributed by atoms with E-state index in [2.05, 4.69) is 20.8 Å². The molecule has 0 aromatic heterocycles. The van der Waals surface area contributed by atoms with Gasteiger partial charge in [-0.25, -0.2) is 0 Å². The van der Waals surface area contributed by atoms with E-state index in [0.717, 1.165) is 62.2 Å². The van der Waals surface area contributed by atoms with Crippen molar-refractivity contribution in [3.05, 3.63) is 0 Å². The second-order valence-electron chi connectivity index (χ2n) is 15.8. The van der Waals surface area contributed by atoms with Gasteiger partial charge in [0.15, 0.2) is 0 Å². The van der Waals surface area contributed by atoms with Gasteiger partial charge in [0, 0.05) is 0 Å². The predicted molar refractivity (Wildman–Crippen MR) is 148 cm³/mol. The van der Waals surface area contributed by atoms with Gasteiger partial charge in [0.25, 0.3) is 0 Å². The average molecular weight is 503 g/mol. The summed E-state index contributed by atoms with van der Waals surface area (Å²) in [4.78, 5) is 0. The molecular formula is C33H58O3. The Morgan fingerprint density at radius 3 is 2.11 bits per heavy atom. The Bertz CT molecular complexity index is 778. The Balaban J connectivity index is 1.26. The van der Waals surface area contributed by atoms with Crippen molar-refractivity contribution in [1.82, 2.24) is 0 Å². The highest BCUT2D eigenvalue weighted by molar-refractivity contribution is 5.12. The van der Waals surface area contributed by atoms with Crippen LogP contribution < -0.4 is 0 Å². The number of fused-ring (bicyclic) bond motifs is 5. The zero-order chi connectivity index (χ0) is 26.0. The minimum Gasteiger partial charge on any atom is -0.390 e. The van der Waals surface area contributed by atoms with Crippen LogP contribution >= 0.6 is 0 Å². The van der Waals surface area contributed by atoms with Crippen LogP contribution in [0.5, 0.6) is 0 Å². The minimum atomic E-state index is -1.02. The first-order valence-corrected chi connectivity index (χ1v) is 16.0. The van der Waals surface area contributed by atoms with Gasteiger partial charge in [-0.05, 0) is 144 Å². The van der Waals surface area contributed by atoms with Crippen LogP contribution in [0.4, 0.5) is 0 Å². The molecule has 0 aromatic rings. The summed E-state index contributed by atoms with van der Waals surface area (Å²) < 4.78 is 0. The number of aliphatic hydroxyl groups is 3. The molecule has 5 aliphatic carbocycles. The topological polar surface area (TPSA) is 60.7 Å². The molecule has 0 radical (unpaired) electrons. The molecule has 0 heterocycles. The lowest BCUT2D eigenvalue weighted by atomic mass is 9.43. The second kappa shape index (κ2) is 9.51. The first-order chi connectivity index (χ1) is 16.8. The van der Waals surface area contributed by atoms with Crippen molar-refractivity contribution in [3.63, 3.8) is 0 Å². The van der Waals surface area contributed by atoms with Crippen LogP contribution in [0.25, 0.3) is 0 Å². The smallest absolute Gasteiger partial charge is 0.0930 e. The Morgan fingerprint density at radius 1 is 0.778 bits per heavy atom. The summed E-state index contributed by atoms with van der Waals surface area (Å²) in [6.07, 6.45) is 20.0. The third-order valence-electron chi connectivity index (χ3n) is 13.7. The second-order valence-corrected chi connectivity index (χ2v) is 15.8. The Morgan fingerprint density at radius 2 is 1.44 bits per heavy atom. The molecule has 3 heteroatoms. The van der Waals surface area contributed by atoms with E-state index in [1.54, 1.807) is 0 Å². The van der Waals surface area contributed by atoms with Crippen molar-refractivity contribution < 1.29 is 15.3 Å². The van der Waals surface area contributed by atoms with Gasteiger partial charge in [-0.3, -0.25) is 0 Å². The molecule has 0 aliphatic heterocycles. The van der Waals surface area contributed by atoms with Crippen molar-refractivity contribution in [2.45, 2.75) is 161 Å². The van der Waals surface area contributed by atoms with Crippen LogP contribution in [0.2, 0.25) is 0 Å². The molecule has 5 saturated carbocycles. The summed E-state index contributed by atoms with van der Waals surface area (Å²) in [6, 6.07) is 0. The Hall–Kier alpha value is -0.120. The van der Waals surface area contributed by atoms with Crippen molar-refractivity contribution in [2.75, 3.05) is 0 Å². The number of hydrogen-bond donors (Lipinski definition) is 3. The lowest BCUT2D eigenvalue weighted by Gasteiger charge is -2.63. The molecule has 5 fully saturated rings. The lowest BCUT2D eigenvalue weighted by molar-refractivity contribution is -0.204. The molecule has 5 aliphatic rings. The van der Waals surface area contributed by atoms with E-state index in [-0.39, 0.29) is 5.60 Å². The van der Waals surface area contributed by atoms with E-state index in [9.17, 15) is 15.3 Å².